The average molecular weight is 389 g/mol. The van der Waals surface area contributed by atoms with Crippen molar-refractivity contribution in [2.24, 2.45) is 0 Å². The van der Waals surface area contributed by atoms with Crippen LogP contribution in [-0.2, 0) is 21.7 Å². The molecule has 2 aromatic rings. The van der Waals surface area contributed by atoms with Gasteiger partial charge in [-0.15, -0.1) is 46.1 Å². The van der Waals surface area contributed by atoms with E-state index < -0.39 is 0 Å². The molecule has 0 saturated carbocycles. The molecule has 25 heavy (non-hydrogen) atoms. The summed E-state index contributed by atoms with van der Waals surface area (Å²) < 4.78 is 0. The first kappa shape index (κ1) is 35.3. The Labute approximate surface area is 177 Å². The van der Waals surface area contributed by atoms with E-state index in [1.807, 2.05) is 58.9 Å². The standard InChI is InChI=1S/C10H9.C6H10.C4H10N.2CH3.Si.Ti/c1-8-6-9-4-2-3-5-10(9)7-8;1-3-5-6-4-2;1-4(2,3)5;;;;/h2-7H,1H3;3-6H,1-2H3;5H,1-3H3;2*1H3;;/q-1;;3*-1;;+4. The van der Waals surface area contributed by atoms with Gasteiger partial charge in [0.2, 0.25) is 0 Å². The summed E-state index contributed by atoms with van der Waals surface area (Å²) in [6, 6.07) is 12.8. The van der Waals surface area contributed by atoms with Crippen LogP contribution in [0.15, 0.2) is 60.7 Å². The van der Waals surface area contributed by atoms with E-state index in [2.05, 4.69) is 43.3 Å². The largest absolute Gasteiger partial charge is 4.00 e. The molecule has 136 valence electrons. The Morgan fingerprint density at radius 1 is 0.960 bits per heavy atom. The van der Waals surface area contributed by atoms with E-state index in [4.69, 9.17) is 5.73 Å². The summed E-state index contributed by atoms with van der Waals surface area (Å²) in [4.78, 5) is 0. The van der Waals surface area contributed by atoms with Gasteiger partial charge in [-0.3, -0.25) is 0 Å². The van der Waals surface area contributed by atoms with Gasteiger partial charge in [0.05, 0.1) is 0 Å². The van der Waals surface area contributed by atoms with Gasteiger partial charge < -0.3 is 20.6 Å². The van der Waals surface area contributed by atoms with E-state index >= 15 is 0 Å². The van der Waals surface area contributed by atoms with Crippen LogP contribution in [0.3, 0.4) is 0 Å². The minimum atomic E-state index is -0.250. The van der Waals surface area contributed by atoms with Crippen LogP contribution in [0, 0.1) is 21.8 Å². The molecule has 4 radical (unpaired) electrons. The molecule has 0 aliphatic carbocycles. The van der Waals surface area contributed by atoms with E-state index in [0.717, 1.165) is 0 Å². The predicted octanol–water partition coefficient (Wildman–Crippen LogP) is 7.36. The van der Waals surface area contributed by atoms with Crippen molar-refractivity contribution in [3.63, 3.8) is 0 Å². The van der Waals surface area contributed by atoms with Crippen LogP contribution in [0.4, 0.5) is 0 Å². The van der Waals surface area contributed by atoms with Crippen molar-refractivity contribution in [1.82, 2.24) is 0 Å². The fraction of sp³-hybridized carbons (Fsp3) is 0.318. The Morgan fingerprint density at radius 3 is 1.72 bits per heavy atom. The van der Waals surface area contributed by atoms with Gasteiger partial charge >= 0.3 is 21.7 Å². The molecule has 0 aliphatic heterocycles. The fourth-order valence-electron chi connectivity index (χ4n) is 1.53. The van der Waals surface area contributed by atoms with Crippen molar-refractivity contribution in [3.8, 4) is 0 Å². The topological polar surface area (TPSA) is 23.8 Å². The Kier molecular flexibility index (Phi) is 27.6. The van der Waals surface area contributed by atoms with E-state index in [1.54, 1.807) is 0 Å². The van der Waals surface area contributed by atoms with Gasteiger partial charge in [0.15, 0.2) is 0 Å². The number of hydrogen-bond donors (Lipinski definition) is 0. The zero-order valence-corrected chi connectivity index (χ0v) is 19.8. The molecule has 0 aliphatic rings. The number of fused-ring (bicyclic) bond motifs is 1. The van der Waals surface area contributed by atoms with Crippen LogP contribution < -0.4 is 0 Å². The molecular formula is C22H35NSiTi. The molecule has 0 bridgehead atoms. The van der Waals surface area contributed by atoms with Crippen molar-refractivity contribution in [2.45, 2.75) is 47.1 Å². The third-order valence-corrected chi connectivity index (χ3v) is 2.26. The molecular weight excluding hydrogens is 354 g/mol. The number of nitrogens with one attached hydrogen (secondary N) is 1. The predicted molar refractivity (Wildman–Crippen MR) is 117 cm³/mol. The van der Waals surface area contributed by atoms with Crippen LogP contribution in [-0.4, -0.2) is 16.5 Å². The maximum absolute atomic E-state index is 6.94. The van der Waals surface area contributed by atoms with Gasteiger partial charge in [0, 0.05) is 11.0 Å². The number of rotatable bonds is 1. The normalized spacial score (nSPS) is 9.40. The van der Waals surface area contributed by atoms with Crippen LogP contribution in [0.2, 0.25) is 0 Å². The Balaban J connectivity index is -0.0000000798. The monoisotopic (exact) mass is 389 g/mol. The molecule has 0 saturated heterocycles. The second kappa shape index (κ2) is 19.5. The third kappa shape index (κ3) is 23.2. The summed E-state index contributed by atoms with van der Waals surface area (Å²) in [5.74, 6) is 0. The number of allylic oxidation sites excluding steroid dienone is 4. The zero-order chi connectivity index (χ0) is 16.3. The molecule has 0 unspecified atom stereocenters. The van der Waals surface area contributed by atoms with Gasteiger partial charge in [0.1, 0.15) is 0 Å². The smallest absolute Gasteiger partial charge is 0.673 e. The SMILES string of the molecule is CC(C)(C)[NH-].CC=CC=CC.Cc1cc2ccccc2[cH-]1.[CH3-].[CH3-].[Si].[Ti+4]. The van der Waals surface area contributed by atoms with E-state index in [-0.39, 0.29) is 53.1 Å². The number of hydrogen-bond acceptors (Lipinski definition) is 0. The van der Waals surface area contributed by atoms with E-state index in [9.17, 15) is 0 Å². The molecule has 0 atom stereocenters. The first-order valence-electron chi connectivity index (χ1n) is 7.39. The molecule has 0 amide bonds. The Hall–Kier alpha value is -0.799. The molecule has 0 spiro atoms. The van der Waals surface area contributed by atoms with E-state index in [0.29, 0.717) is 0 Å². The fourth-order valence-corrected chi connectivity index (χ4v) is 1.53. The van der Waals surface area contributed by atoms with Crippen molar-refractivity contribution in [2.75, 3.05) is 0 Å². The van der Waals surface area contributed by atoms with Crippen LogP contribution in [0.5, 0.6) is 0 Å². The quantitative estimate of drug-likeness (QED) is 0.276. The van der Waals surface area contributed by atoms with E-state index in [1.165, 1.54) is 16.3 Å². The van der Waals surface area contributed by atoms with Crippen molar-refractivity contribution < 1.29 is 21.7 Å². The van der Waals surface area contributed by atoms with Gasteiger partial charge in [-0.25, -0.2) is 0 Å². The molecule has 1 nitrogen and oxygen atoms in total. The molecule has 0 heterocycles. The van der Waals surface area contributed by atoms with Crippen LogP contribution in [0.25, 0.3) is 16.5 Å². The summed E-state index contributed by atoms with van der Waals surface area (Å²) in [5.41, 5.74) is 8.04. The van der Waals surface area contributed by atoms with Gasteiger partial charge in [-0.1, -0.05) is 58.1 Å². The van der Waals surface area contributed by atoms with Crippen molar-refractivity contribution >= 4 is 21.7 Å². The summed E-state index contributed by atoms with van der Waals surface area (Å²) in [7, 11) is 0. The summed E-state index contributed by atoms with van der Waals surface area (Å²) in [6.45, 7) is 11.7. The third-order valence-electron chi connectivity index (χ3n) is 2.26. The maximum Gasteiger partial charge on any atom is 4.00 e. The summed E-state index contributed by atoms with van der Waals surface area (Å²) in [6.07, 6.45) is 8.00. The first-order valence-corrected chi connectivity index (χ1v) is 7.39. The van der Waals surface area contributed by atoms with Gasteiger partial charge in [-0.05, 0) is 13.8 Å². The van der Waals surface area contributed by atoms with Crippen molar-refractivity contribution in [1.29, 1.82) is 0 Å². The minimum Gasteiger partial charge on any atom is -0.673 e. The van der Waals surface area contributed by atoms with Crippen LogP contribution >= 0.6 is 0 Å². The van der Waals surface area contributed by atoms with Gasteiger partial charge in [0.25, 0.3) is 0 Å². The van der Waals surface area contributed by atoms with Gasteiger partial charge in [-0.2, -0.15) is 6.07 Å². The van der Waals surface area contributed by atoms with Crippen LogP contribution in [0.1, 0.15) is 40.2 Å². The zero-order valence-electron chi connectivity index (χ0n) is 17.3. The molecule has 0 fully saturated rings. The first-order chi connectivity index (χ1) is 9.77. The molecule has 3 heteroatoms. The summed E-state index contributed by atoms with van der Waals surface area (Å²) >= 11 is 0. The summed E-state index contributed by atoms with van der Waals surface area (Å²) in [5, 5.41) is 2.69. The Morgan fingerprint density at radius 2 is 1.36 bits per heavy atom. The molecule has 2 aromatic carbocycles. The maximum atomic E-state index is 6.94. The Bertz CT molecular complexity index is 514. The molecule has 2 rings (SSSR count). The second-order valence-corrected chi connectivity index (χ2v) is 5.96. The molecule has 0 aromatic heterocycles. The molecule has 1 N–H and O–H groups in total. The van der Waals surface area contributed by atoms with Crippen molar-refractivity contribution in [3.05, 3.63) is 86.9 Å². The second-order valence-electron chi connectivity index (χ2n) is 5.96. The average Bonchev–Trinajstić information content (AvgIpc) is 2.75. The number of benzene rings is 1. The number of aryl methyl sites for hydroxylation is 1. The minimum absolute atomic E-state index is 0.